The van der Waals surface area contributed by atoms with E-state index in [-0.39, 0.29) is 11.3 Å². The molecule has 3 rings (SSSR count). The number of rotatable bonds is 8. The van der Waals surface area contributed by atoms with E-state index in [4.69, 9.17) is 4.74 Å². The van der Waals surface area contributed by atoms with E-state index in [1.54, 1.807) is 36.4 Å². The zero-order valence-corrected chi connectivity index (χ0v) is 18.4. The Labute approximate surface area is 187 Å². The summed E-state index contributed by atoms with van der Waals surface area (Å²) >= 11 is 0. The molecule has 0 spiro atoms. The Morgan fingerprint density at radius 1 is 1.06 bits per heavy atom. The van der Waals surface area contributed by atoms with E-state index in [9.17, 15) is 19.5 Å². The number of esters is 1. The lowest BCUT2D eigenvalue weighted by molar-refractivity contribution is -0.140. The highest BCUT2D eigenvalue weighted by atomic mass is 16.5. The van der Waals surface area contributed by atoms with Crippen LogP contribution in [-0.4, -0.2) is 70.8 Å². The van der Waals surface area contributed by atoms with Crippen LogP contribution in [-0.2, 0) is 14.3 Å². The number of likely N-dealkylation sites (N-methyl/N-ethyl adjacent to an activating group) is 1. The van der Waals surface area contributed by atoms with Crippen molar-refractivity contribution in [1.82, 2.24) is 14.8 Å². The maximum absolute atomic E-state index is 13.0. The fourth-order valence-corrected chi connectivity index (χ4v) is 3.83. The fraction of sp³-hybridized carbons (Fsp3) is 0.333. The normalized spacial score (nSPS) is 17.8. The van der Waals surface area contributed by atoms with E-state index < -0.39 is 23.7 Å². The van der Waals surface area contributed by atoms with E-state index in [2.05, 4.69) is 9.88 Å². The molecule has 1 atom stereocenters. The second kappa shape index (κ2) is 10.2. The summed E-state index contributed by atoms with van der Waals surface area (Å²) in [5, 5.41) is 11.0. The lowest BCUT2D eigenvalue weighted by Crippen LogP contribution is -2.38. The smallest absolute Gasteiger partial charge is 0.337 e. The van der Waals surface area contributed by atoms with Gasteiger partial charge in [0.25, 0.3) is 11.7 Å². The van der Waals surface area contributed by atoms with Crippen molar-refractivity contribution in [3.05, 3.63) is 71.1 Å². The van der Waals surface area contributed by atoms with E-state index in [1.807, 2.05) is 13.8 Å². The van der Waals surface area contributed by atoms with Crippen molar-refractivity contribution >= 4 is 23.4 Å². The molecule has 1 unspecified atom stereocenters. The van der Waals surface area contributed by atoms with Crippen LogP contribution < -0.4 is 0 Å². The van der Waals surface area contributed by atoms with E-state index in [0.29, 0.717) is 29.8 Å². The summed E-state index contributed by atoms with van der Waals surface area (Å²) in [4.78, 5) is 45.4. The maximum atomic E-state index is 13.0. The molecule has 1 N–H and O–H groups in total. The summed E-state index contributed by atoms with van der Waals surface area (Å²) in [5.74, 6) is -2.13. The van der Waals surface area contributed by atoms with E-state index >= 15 is 0 Å². The number of pyridine rings is 1. The molecule has 0 bridgehead atoms. The Morgan fingerprint density at radius 3 is 2.25 bits per heavy atom. The standard InChI is InChI=1S/C24H27N3O5/c1-4-26(5-2)14-15-27-20(16-6-8-18(9-7-16)24(31)32-3)19(22(29)23(27)30)21(28)17-10-12-25-13-11-17/h6-13,20,28H,4-5,14-15H2,1-3H3/b21-19+. The number of amides is 1. The number of methoxy groups -OCH3 is 1. The SMILES string of the molecule is CCN(CC)CCN1C(=O)C(=O)/C(=C(/O)c2ccncc2)C1c1ccc(C(=O)OC)cc1. The Balaban J connectivity index is 2.08. The number of nitrogens with zero attached hydrogens (tertiary/aromatic N) is 3. The lowest BCUT2D eigenvalue weighted by atomic mass is 9.95. The zero-order valence-electron chi connectivity index (χ0n) is 18.4. The molecule has 8 nitrogen and oxygen atoms in total. The lowest BCUT2D eigenvalue weighted by Gasteiger charge is -2.28. The van der Waals surface area contributed by atoms with Crippen LogP contribution >= 0.6 is 0 Å². The van der Waals surface area contributed by atoms with Crippen molar-refractivity contribution in [3.63, 3.8) is 0 Å². The Bertz CT molecular complexity index is 1010. The molecule has 1 fully saturated rings. The van der Waals surface area contributed by atoms with Gasteiger partial charge in [-0.2, -0.15) is 0 Å². The van der Waals surface area contributed by atoms with Gasteiger partial charge in [-0.1, -0.05) is 26.0 Å². The van der Waals surface area contributed by atoms with Crippen molar-refractivity contribution in [2.75, 3.05) is 33.3 Å². The van der Waals surface area contributed by atoms with Crippen molar-refractivity contribution in [3.8, 4) is 0 Å². The van der Waals surface area contributed by atoms with Crippen molar-refractivity contribution in [2.45, 2.75) is 19.9 Å². The van der Waals surface area contributed by atoms with Gasteiger partial charge in [0, 0.05) is 31.0 Å². The van der Waals surface area contributed by atoms with Gasteiger partial charge in [0.1, 0.15) is 5.76 Å². The number of aliphatic hydroxyl groups excluding tert-OH is 1. The van der Waals surface area contributed by atoms with Crippen LogP contribution in [0.25, 0.3) is 5.76 Å². The fourth-order valence-electron chi connectivity index (χ4n) is 3.83. The largest absolute Gasteiger partial charge is 0.507 e. The van der Waals surface area contributed by atoms with Gasteiger partial charge >= 0.3 is 5.97 Å². The number of benzene rings is 1. The predicted octanol–water partition coefficient (Wildman–Crippen LogP) is 2.63. The molecule has 1 aliphatic heterocycles. The molecule has 1 aliphatic rings. The summed E-state index contributed by atoms with van der Waals surface area (Å²) in [6.45, 7) is 6.61. The van der Waals surface area contributed by atoms with Crippen LogP contribution in [0.3, 0.4) is 0 Å². The van der Waals surface area contributed by atoms with Crippen LogP contribution in [0.1, 0.15) is 41.4 Å². The van der Waals surface area contributed by atoms with Gasteiger partial charge in [0.2, 0.25) is 0 Å². The molecule has 0 aliphatic carbocycles. The average Bonchev–Trinajstić information content (AvgIpc) is 3.09. The Morgan fingerprint density at radius 2 is 1.69 bits per heavy atom. The van der Waals surface area contributed by atoms with Crippen LogP contribution in [0.4, 0.5) is 0 Å². The number of aromatic nitrogens is 1. The third-order valence-corrected chi connectivity index (χ3v) is 5.69. The topological polar surface area (TPSA) is 100 Å². The number of hydrogen-bond donors (Lipinski definition) is 1. The molecule has 1 saturated heterocycles. The van der Waals surface area contributed by atoms with Crippen molar-refractivity contribution in [1.29, 1.82) is 0 Å². The first kappa shape index (κ1) is 23.1. The van der Waals surface area contributed by atoms with Gasteiger partial charge in [-0.25, -0.2) is 4.79 Å². The number of carbonyl (C=O) groups is 3. The molecule has 1 aromatic carbocycles. The van der Waals surface area contributed by atoms with Crippen LogP contribution in [0, 0.1) is 0 Å². The first-order valence-corrected chi connectivity index (χ1v) is 10.5. The number of ether oxygens (including phenoxy) is 1. The molecular formula is C24H27N3O5. The Hall–Kier alpha value is -3.52. The summed E-state index contributed by atoms with van der Waals surface area (Å²) < 4.78 is 4.75. The van der Waals surface area contributed by atoms with Crippen molar-refractivity contribution in [2.24, 2.45) is 0 Å². The minimum atomic E-state index is -0.773. The van der Waals surface area contributed by atoms with Gasteiger partial charge in [-0.15, -0.1) is 0 Å². The third kappa shape index (κ3) is 4.55. The van der Waals surface area contributed by atoms with E-state index in [0.717, 1.165) is 13.1 Å². The summed E-state index contributed by atoms with van der Waals surface area (Å²) in [6.07, 6.45) is 3.01. The molecule has 1 aromatic heterocycles. The molecule has 8 heteroatoms. The van der Waals surface area contributed by atoms with Crippen LogP contribution in [0.15, 0.2) is 54.4 Å². The predicted molar refractivity (Wildman–Crippen MR) is 119 cm³/mol. The average molecular weight is 437 g/mol. The van der Waals surface area contributed by atoms with Gasteiger partial charge in [0.05, 0.1) is 24.3 Å². The number of hydrogen-bond acceptors (Lipinski definition) is 7. The molecule has 2 heterocycles. The second-order valence-electron chi connectivity index (χ2n) is 7.37. The first-order chi connectivity index (χ1) is 15.4. The minimum absolute atomic E-state index is 0.0200. The van der Waals surface area contributed by atoms with Gasteiger partial charge in [0.15, 0.2) is 0 Å². The van der Waals surface area contributed by atoms with Gasteiger partial charge in [-0.05, 0) is 42.9 Å². The Kier molecular flexibility index (Phi) is 7.37. The van der Waals surface area contributed by atoms with Gasteiger partial charge in [-0.3, -0.25) is 14.6 Å². The zero-order chi connectivity index (χ0) is 23.3. The number of carbonyl (C=O) groups excluding carboxylic acids is 3. The number of ketones is 1. The molecule has 1 amide bonds. The van der Waals surface area contributed by atoms with Gasteiger partial charge < -0.3 is 19.6 Å². The second-order valence-corrected chi connectivity index (χ2v) is 7.37. The van der Waals surface area contributed by atoms with Crippen LogP contribution in [0.5, 0.6) is 0 Å². The quantitative estimate of drug-likeness (QED) is 0.293. The number of aliphatic hydroxyl groups is 1. The highest BCUT2D eigenvalue weighted by Crippen LogP contribution is 2.39. The molecule has 0 saturated carbocycles. The maximum Gasteiger partial charge on any atom is 0.337 e. The highest BCUT2D eigenvalue weighted by molar-refractivity contribution is 6.46. The molecular weight excluding hydrogens is 410 g/mol. The molecule has 2 aromatic rings. The first-order valence-electron chi connectivity index (χ1n) is 10.5. The molecule has 32 heavy (non-hydrogen) atoms. The number of Topliss-reactive ketones (excluding diaryl/α,β-unsaturated/α-hetero) is 1. The molecule has 0 radical (unpaired) electrons. The summed E-state index contributed by atoms with van der Waals surface area (Å²) in [6, 6.07) is 8.90. The monoisotopic (exact) mass is 437 g/mol. The highest BCUT2D eigenvalue weighted by Gasteiger charge is 2.46. The summed E-state index contributed by atoms with van der Waals surface area (Å²) in [5.41, 5.74) is 1.39. The van der Waals surface area contributed by atoms with Crippen LogP contribution in [0.2, 0.25) is 0 Å². The van der Waals surface area contributed by atoms with E-state index in [1.165, 1.54) is 24.4 Å². The summed E-state index contributed by atoms with van der Waals surface area (Å²) in [7, 11) is 1.30. The number of likely N-dealkylation sites (tertiary alicyclic amines) is 1. The van der Waals surface area contributed by atoms with Crippen molar-refractivity contribution < 1.29 is 24.2 Å². The minimum Gasteiger partial charge on any atom is -0.507 e. The molecule has 168 valence electrons. The third-order valence-electron chi connectivity index (χ3n) is 5.69.